The fourth-order valence-corrected chi connectivity index (χ4v) is 9.25. The molecule has 1 amide bonds. The lowest BCUT2D eigenvalue weighted by Gasteiger charge is -2.47. The third-order valence-corrected chi connectivity index (χ3v) is 12.8. The van der Waals surface area contributed by atoms with Gasteiger partial charge < -0.3 is 9.33 Å². The molecule has 27 heavy (non-hydrogen) atoms. The zero-order valence-electron chi connectivity index (χ0n) is 17.5. The quantitative estimate of drug-likeness (QED) is 0.355. The van der Waals surface area contributed by atoms with Crippen LogP contribution in [0.5, 0.6) is 0 Å². The van der Waals surface area contributed by atoms with Crippen LogP contribution in [0.15, 0.2) is 23.2 Å². The molecule has 0 spiro atoms. The van der Waals surface area contributed by atoms with E-state index in [1.54, 1.807) is 0 Å². The molecular formula is C22H36BrNO2Si. The minimum absolute atomic E-state index is 0.0230. The minimum atomic E-state index is -1.67. The van der Waals surface area contributed by atoms with Gasteiger partial charge in [0.15, 0.2) is 8.32 Å². The summed E-state index contributed by atoms with van der Waals surface area (Å²) < 4.78 is 7.94. The molecule has 5 atom stereocenters. The normalized spacial score (nSPS) is 35.9. The van der Waals surface area contributed by atoms with E-state index in [0.717, 1.165) is 30.2 Å². The zero-order chi connectivity index (χ0) is 19.8. The molecule has 2 fully saturated rings. The summed E-state index contributed by atoms with van der Waals surface area (Å²) in [7, 11) is -1.67. The number of likely N-dealkylation sites (tertiary alicyclic amines) is 1. The van der Waals surface area contributed by atoms with E-state index in [-0.39, 0.29) is 23.5 Å². The number of hydrogen-bond donors (Lipinski definition) is 0. The summed E-state index contributed by atoms with van der Waals surface area (Å²) in [5, 5.41) is 0. The van der Waals surface area contributed by atoms with Crippen molar-refractivity contribution in [3.63, 3.8) is 0 Å². The van der Waals surface area contributed by atoms with Crippen LogP contribution in [0.3, 0.4) is 0 Å². The van der Waals surface area contributed by atoms with Crippen molar-refractivity contribution in [2.45, 2.75) is 83.7 Å². The molecule has 152 valence electrons. The maximum Gasteiger partial charge on any atom is 0.226 e. The average Bonchev–Trinajstić information content (AvgIpc) is 2.77. The molecular weight excluding hydrogens is 418 g/mol. The van der Waals surface area contributed by atoms with Crippen LogP contribution in [-0.4, -0.2) is 37.8 Å². The molecule has 0 aromatic rings. The highest BCUT2D eigenvalue weighted by Gasteiger charge is 2.61. The average molecular weight is 455 g/mol. The number of nitrogens with zero attached hydrogens (tertiary/aromatic N) is 1. The van der Waals surface area contributed by atoms with E-state index in [0.29, 0.717) is 18.4 Å². The standard InChI is InChI=1S/C22H36BrNO2Si/c1-6-27(7-2,8-3)26-19-13-9-12-18-21(25)24(15-16(4)23)20-14-10-11-17(19)22(18,20)5/h10-11,17-20H,4,6-9,12-15H2,1-3,5H3/t17-,18+,19-,20+,22+/m0/s1. The smallest absolute Gasteiger partial charge is 0.226 e. The van der Waals surface area contributed by atoms with Crippen molar-refractivity contribution in [1.82, 2.24) is 4.90 Å². The van der Waals surface area contributed by atoms with Crippen molar-refractivity contribution in [1.29, 1.82) is 0 Å². The number of amides is 1. The lowest BCUT2D eigenvalue weighted by atomic mass is 9.61. The molecule has 0 N–H and O–H groups in total. The van der Waals surface area contributed by atoms with Crippen LogP contribution in [0.25, 0.3) is 0 Å². The fourth-order valence-electron chi connectivity index (χ4n) is 6.07. The van der Waals surface area contributed by atoms with Gasteiger partial charge in [0, 0.05) is 27.8 Å². The molecule has 0 unspecified atom stereocenters. The van der Waals surface area contributed by atoms with E-state index in [2.05, 4.69) is 67.3 Å². The van der Waals surface area contributed by atoms with Crippen molar-refractivity contribution < 1.29 is 9.22 Å². The predicted octanol–water partition coefficient (Wildman–Crippen LogP) is 5.88. The van der Waals surface area contributed by atoms with Crippen LogP contribution in [0.1, 0.15) is 53.4 Å². The van der Waals surface area contributed by atoms with Gasteiger partial charge in [-0.25, -0.2) is 0 Å². The van der Waals surface area contributed by atoms with E-state index in [9.17, 15) is 4.79 Å². The van der Waals surface area contributed by atoms with Crippen LogP contribution >= 0.6 is 15.9 Å². The molecule has 1 saturated carbocycles. The highest BCUT2D eigenvalue weighted by Crippen LogP contribution is 2.57. The Morgan fingerprint density at radius 1 is 1.33 bits per heavy atom. The summed E-state index contributed by atoms with van der Waals surface area (Å²) in [6.45, 7) is 13.9. The van der Waals surface area contributed by atoms with Gasteiger partial charge in [-0.3, -0.25) is 4.79 Å². The molecule has 1 heterocycles. The van der Waals surface area contributed by atoms with Gasteiger partial charge in [-0.05, 0) is 37.4 Å². The summed E-state index contributed by atoms with van der Waals surface area (Å²) in [6.07, 6.45) is 9.13. The molecule has 0 aromatic carbocycles. The van der Waals surface area contributed by atoms with Gasteiger partial charge >= 0.3 is 0 Å². The second-order valence-electron chi connectivity index (χ2n) is 8.94. The van der Waals surface area contributed by atoms with Crippen LogP contribution < -0.4 is 0 Å². The largest absolute Gasteiger partial charge is 0.413 e. The van der Waals surface area contributed by atoms with E-state index in [1.807, 2.05) is 0 Å². The fraction of sp³-hybridized carbons (Fsp3) is 0.773. The lowest BCUT2D eigenvalue weighted by molar-refractivity contribution is -0.132. The van der Waals surface area contributed by atoms with E-state index < -0.39 is 8.32 Å². The molecule has 0 bridgehead atoms. The third-order valence-electron chi connectivity index (χ3n) is 7.91. The number of hydrogen-bond acceptors (Lipinski definition) is 2. The van der Waals surface area contributed by atoms with Gasteiger partial charge in [-0.15, -0.1) is 0 Å². The summed E-state index contributed by atoms with van der Waals surface area (Å²) in [4.78, 5) is 15.4. The van der Waals surface area contributed by atoms with E-state index in [4.69, 9.17) is 4.43 Å². The Labute approximate surface area is 174 Å². The first-order valence-electron chi connectivity index (χ1n) is 10.8. The van der Waals surface area contributed by atoms with Crippen molar-refractivity contribution in [2.75, 3.05) is 6.54 Å². The minimum Gasteiger partial charge on any atom is -0.413 e. The van der Waals surface area contributed by atoms with Gasteiger partial charge in [0.05, 0.1) is 12.6 Å². The highest BCUT2D eigenvalue weighted by molar-refractivity contribution is 9.11. The van der Waals surface area contributed by atoms with Gasteiger partial charge in [0.1, 0.15) is 0 Å². The summed E-state index contributed by atoms with van der Waals surface area (Å²) in [5.74, 6) is 0.805. The molecule has 2 aliphatic carbocycles. The third kappa shape index (κ3) is 3.53. The molecule has 3 rings (SSSR count). The van der Waals surface area contributed by atoms with Crippen molar-refractivity contribution in [3.8, 4) is 0 Å². The zero-order valence-corrected chi connectivity index (χ0v) is 20.1. The first kappa shape index (κ1) is 21.3. The van der Waals surface area contributed by atoms with Crippen LogP contribution in [0, 0.1) is 17.3 Å². The Hall–Kier alpha value is -0.393. The molecule has 0 radical (unpaired) electrons. The first-order chi connectivity index (χ1) is 12.8. The van der Waals surface area contributed by atoms with Crippen molar-refractivity contribution in [3.05, 3.63) is 23.2 Å². The Kier molecular flexibility index (Phi) is 6.44. The molecule has 3 aliphatic rings. The molecule has 3 nitrogen and oxygen atoms in total. The van der Waals surface area contributed by atoms with Crippen LogP contribution in [-0.2, 0) is 9.22 Å². The topological polar surface area (TPSA) is 29.5 Å². The number of halogens is 1. The monoisotopic (exact) mass is 453 g/mol. The predicted molar refractivity (Wildman–Crippen MR) is 118 cm³/mol. The Morgan fingerprint density at radius 2 is 2.00 bits per heavy atom. The SMILES string of the molecule is C=C(Br)CN1C(=O)[C@H]2CCC[C@H](O[Si](CC)(CC)CC)[C@@H]3C=CC[C@@H]1[C@@]23C. The van der Waals surface area contributed by atoms with Gasteiger partial charge in [-0.2, -0.15) is 0 Å². The number of carbonyl (C=O) groups is 1. The van der Waals surface area contributed by atoms with E-state index in [1.165, 1.54) is 18.1 Å². The van der Waals surface area contributed by atoms with E-state index >= 15 is 0 Å². The molecule has 1 aliphatic heterocycles. The summed E-state index contributed by atoms with van der Waals surface area (Å²) in [5.41, 5.74) is -0.0230. The van der Waals surface area contributed by atoms with Gasteiger partial charge in [0.25, 0.3) is 0 Å². The molecule has 1 saturated heterocycles. The van der Waals surface area contributed by atoms with Crippen LogP contribution in [0.4, 0.5) is 0 Å². The Bertz CT molecular complexity index is 609. The highest BCUT2D eigenvalue weighted by atomic mass is 79.9. The Balaban J connectivity index is 1.96. The van der Waals surface area contributed by atoms with Crippen molar-refractivity contribution in [2.24, 2.45) is 17.3 Å². The van der Waals surface area contributed by atoms with Crippen LogP contribution in [0.2, 0.25) is 18.1 Å². The molecule has 0 aromatic heterocycles. The second kappa shape index (κ2) is 8.15. The van der Waals surface area contributed by atoms with Crippen molar-refractivity contribution >= 4 is 30.2 Å². The number of rotatable bonds is 7. The van der Waals surface area contributed by atoms with Gasteiger partial charge in [0.2, 0.25) is 5.91 Å². The lowest BCUT2D eigenvalue weighted by Crippen LogP contribution is -2.51. The van der Waals surface area contributed by atoms with Gasteiger partial charge in [-0.1, -0.05) is 68.8 Å². The summed E-state index contributed by atoms with van der Waals surface area (Å²) >= 11 is 3.49. The Morgan fingerprint density at radius 3 is 2.59 bits per heavy atom. The first-order valence-corrected chi connectivity index (χ1v) is 14.1. The maximum absolute atomic E-state index is 13.3. The molecule has 5 heteroatoms. The maximum atomic E-state index is 13.3. The number of carbonyl (C=O) groups excluding carboxylic acids is 1. The summed E-state index contributed by atoms with van der Waals surface area (Å²) in [6, 6.07) is 3.82. The second-order valence-corrected chi connectivity index (χ2v) is 14.8.